The number of aliphatic hydroxyl groups excluding tert-OH is 1. The molecule has 0 aromatic heterocycles. The fraction of sp³-hybridized carbons (Fsp3) is 0.154. The van der Waals surface area contributed by atoms with Crippen LogP contribution in [0.2, 0.25) is 0 Å². The zero-order valence-electron chi connectivity index (χ0n) is 20.0. The molecule has 1 aliphatic heterocycles. The van der Waals surface area contributed by atoms with Crippen molar-refractivity contribution in [3.8, 4) is 23.0 Å². The number of phenolic OH excluding ortho intramolecular Hbond substituents is 1. The van der Waals surface area contributed by atoms with E-state index in [1.165, 1.54) is 63.8 Å². The Kier molecular flexibility index (Phi) is 6.70. The van der Waals surface area contributed by atoms with Crippen LogP contribution >= 0.6 is 0 Å². The normalized spacial score (nSPS) is 16.5. The number of rotatable bonds is 7. The monoisotopic (exact) mass is 506 g/mol. The Bertz CT molecular complexity index is 1420. The van der Waals surface area contributed by atoms with E-state index in [4.69, 9.17) is 14.2 Å². The third kappa shape index (κ3) is 4.27. The van der Waals surface area contributed by atoms with Crippen molar-refractivity contribution in [3.63, 3.8) is 0 Å². The number of aromatic hydroxyl groups is 1. The third-order valence-electron chi connectivity index (χ3n) is 5.92. The maximum absolute atomic E-state index is 13.3. The van der Waals surface area contributed by atoms with Gasteiger partial charge in [0.2, 0.25) is 5.75 Å². The number of carbonyl (C=O) groups is 2. The van der Waals surface area contributed by atoms with Gasteiger partial charge in [0, 0.05) is 17.7 Å². The molecule has 1 unspecified atom stereocenters. The van der Waals surface area contributed by atoms with Crippen LogP contribution in [0.4, 0.5) is 11.4 Å². The molecule has 11 nitrogen and oxygen atoms in total. The number of ketones is 1. The first-order valence-corrected chi connectivity index (χ1v) is 10.9. The predicted molar refractivity (Wildman–Crippen MR) is 132 cm³/mol. The van der Waals surface area contributed by atoms with E-state index in [1.807, 2.05) is 0 Å². The van der Waals surface area contributed by atoms with E-state index in [1.54, 1.807) is 12.1 Å². The van der Waals surface area contributed by atoms with E-state index < -0.39 is 28.4 Å². The second-order valence-electron chi connectivity index (χ2n) is 7.92. The number of methoxy groups -OCH3 is 3. The lowest BCUT2D eigenvalue weighted by molar-refractivity contribution is -0.384. The van der Waals surface area contributed by atoms with Crippen LogP contribution < -0.4 is 19.1 Å². The average Bonchev–Trinajstić information content (AvgIpc) is 3.17. The van der Waals surface area contributed by atoms with Gasteiger partial charge in [0.15, 0.2) is 11.5 Å². The Balaban J connectivity index is 2.04. The van der Waals surface area contributed by atoms with Crippen LogP contribution in [0.1, 0.15) is 17.2 Å². The lowest BCUT2D eigenvalue weighted by Crippen LogP contribution is -2.29. The molecule has 4 rings (SSSR count). The number of non-ortho nitro benzene ring substituents is 1. The number of Topliss-reactive ketones (excluding diaryl/α,β-unsaturated/α-hetero) is 1. The summed E-state index contributed by atoms with van der Waals surface area (Å²) in [5.74, 6) is -2.29. The van der Waals surface area contributed by atoms with E-state index in [0.717, 1.165) is 11.0 Å². The van der Waals surface area contributed by atoms with Crippen molar-refractivity contribution in [2.75, 3.05) is 26.2 Å². The quantitative estimate of drug-likeness (QED) is 0.160. The Labute approximate surface area is 210 Å². The number of nitrogens with zero attached hydrogens (tertiary/aromatic N) is 2. The number of aliphatic hydroxyl groups is 1. The molecular weight excluding hydrogens is 484 g/mol. The van der Waals surface area contributed by atoms with E-state index >= 15 is 0 Å². The highest BCUT2D eigenvalue weighted by molar-refractivity contribution is 6.52. The first-order chi connectivity index (χ1) is 17.7. The number of hydrogen-bond acceptors (Lipinski definition) is 9. The highest BCUT2D eigenvalue weighted by Gasteiger charge is 2.48. The van der Waals surface area contributed by atoms with Gasteiger partial charge in [-0.05, 0) is 29.8 Å². The third-order valence-corrected chi connectivity index (χ3v) is 5.92. The van der Waals surface area contributed by atoms with Crippen LogP contribution in [-0.2, 0) is 9.59 Å². The van der Waals surface area contributed by atoms with Crippen molar-refractivity contribution < 1.29 is 38.9 Å². The summed E-state index contributed by atoms with van der Waals surface area (Å²) in [5, 5.41) is 33.1. The van der Waals surface area contributed by atoms with Gasteiger partial charge in [-0.3, -0.25) is 24.6 Å². The molecule has 1 heterocycles. The van der Waals surface area contributed by atoms with Gasteiger partial charge in [0.25, 0.3) is 17.4 Å². The van der Waals surface area contributed by atoms with E-state index in [2.05, 4.69) is 0 Å². The molecule has 1 atom stereocenters. The molecule has 0 bridgehead atoms. The van der Waals surface area contributed by atoms with E-state index in [0.29, 0.717) is 0 Å². The van der Waals surface area contributed by atoms with Crippen molar-refractivity contribution in [1.29, 1.82) is 0 Å². The van der Waals surface area contributed by atoms with Crippen molar-refractivity contribution in [3.05, 3.63) is 87.5 Å². The predicted octanol–water partition coefficient (Wildman–Crippen LogP) is 3.95. The number of amides is 1. The van der Waals surface area contributed by atoms with Crippen molar-refractivity contribution in [2.45, 2.75) is 6.04 Å². The number of phenols is 1. The largest absolute Gasteiger partial charge is 0.507 e. The van der Waals surface area contributed by atoms with E-state index in [-0.39, 0.29) is 51.1 Å². The maximum atomic E-state index is 13.3. The minimum absolute atomic E-state index is 0.0152. The van der Waals surface area contributed by atoms with Crippen LogP contribution in [-0.4, -0.2) is 48.2 Å². The summed E-state index contributed by atoms with van der Waals surface area (Å²) in [6, 6.07) is 12.7. The number of ether oxygens (including phenoxy) is 3. The molecule has 1 saturated heterocycles. The van der Waals surface area contributed by atoms with Gasteiger partial charge < -0.3 is 24.4 Å². The highest BCUT2D eigenvalue weighted by Crippen LogP contribution is 2.48. The standard InChI is InChI=1S/C26H22N2O9/c1-35-19-12-15(13-20(36-2)25(19)37-3)22-21(23(30)14-7-6-8-16(11-14)28(33)34)24(31)26(32)27(22)17-9-4-5-10-18(17)29/h4-13,22,29-30H,1-3H3/b23-21+. The second kappa shape index (κ2) is 9.90. The molecule has 1 fully saturated rings. The SMILES string of the molecule is COc1cc(C2/C(=C(\O)c3cccc([N+](=O)[O-])c3)C(=O)C(=O)N2c2ccccc2O)cc(OC)c1OC. The molecule has 1 aliphatic rings. The highest BCUT2D eigenvalue weighted by atomic mass is 16.6. The number of hydrogen-bond donors (Lipinski definition) is 2. The summed E-state index contributed by atoms with van der Waals surface area (Å²) in [7, 11) is 4.20. The van der Waals surface area contributed by atoms with Gasteiger partial charge in [-0.1, -0.05) is 24.3 Å². The molecular formula is C26H22N2O9. The summed E-state index contributed by atoms with van der Waals surface area (Å²) in [5.41, 5.74) is -0.404. The minimum Gasteiger partial charge on any atom is -0.507 e. The number of anilines is 1. The van der Waals surface area contributed by atoms with Crippen LogP contribution in [0.15, 0.2) is 66.2 Å². The second-order valence-corrected chi connectivity index (χ2v) is 7.92. The summed E-state index contributed by atoms with van der Waals surface area (Å²) >= 11 is 0. The summed E-state index contributed by atoms with van der Waals surface area (Å²) < 4.78 is 16.2. The smallest absolute Gasteiger partial charge is 0.300 e. The molecule has 190 valence electrons. The van der Waals surface area contributed by atoms with Crippen LogP contribution in [0.3, 0.4) is 0 Å². The summed E-state index contributed by atoms with van der Waals surface area (Å²) in [6.45, 7) is 0. The van der Waals surface area contributed by atoms with Crippen LogP contribution in [0.5, 0.6) is 23.0 Å². The molecule has 3 aromatic rings. The molecule has 0 spiro atoms. The number of carbonyl (C=O) groups excluding carboxylic acids is 2. The van der Waals surface area contributed by atoms with Gasteiger partial charge in [-0.2, -0.15) is 0 Å². The fourth-order valence-corrected chi connectivity index (χ4v) is 4.25. The topological polar surface area (TPSA) is 149 Å². The van der Waals surface area contributed by atoms with Gasteiger partial charge >= 0.3 is 0 Å². The lowest BCUT2D eigenvalue weighted by Gasteiger charge is -2.27. The number of para-hydroxylation sites is 2. The molecule has 1 amide bonds. The van der Waals surface area contributed by atoms with E-state index in [9.17, 15) is 29.9 Å². The summed E-state index contributed by atoms with van der Waals surface area (Å²) in [4.78, 5) is 38.3. The molecule has 37 heavy (non-hydrogen) atoms. The van der Waals surface area contributed by atoms with Gasteiger partial charge in [0.1, 0.15) is 11.5 Å². The Morgan fingerprint density at radius 3 is 2.16 bits per heavy atom. The Morgan fingerprint density at radius 1 is 0.946 bits per heavy atom. The zero-order chi connectivity index (χ0) is 26.9. The van der Waals surface area contributed by atoms with Gasteiger partial charge in [-0.15, -0.1) is 0 Å². The number of nitro groups is 1. The van der Waals surface area contributed by atoms with Crippen LogP contribution in [0, 0.1) is 10.1 Å². The number of benzene rings is 3. The van der Waals surface area contributed by atoms with Crippen molar-refractivity contribution >= 4 is 28.8 Å². The molecule has 0 saturated carbocycles. The maximum Gasteiger partial charge on any atom is 0.300 e. The average molecular weight is 506 g/mol. The molecule has 2 N–H and O–H groups in total. The van der Waals surface area contributed by atoms with Crippen molar-refractivity contribution in [2.24, 2.45) is 0 Å². The van der Waals surface area contributed by atoms with Gasteiger partial charge in [-0.25, -0.2) is 0 Å². The first-order valence-electron chi connectivity index (χ1n) is 10.9. The molecule has 11 heteroatoms. The zero-order valence-corrected chi connectivity index (χ0v) is 20.0. The number of nitro benzene ring substituents is 1. The minimum atomic E-state index is -1.26. The molecule has 0 radical (unpaired) electrons. The molecule has 3 aromatic carbocycles. The van der Waals surface area contributed by atoms with Gasteiger partial charge in [0.05, 0.1) is 43.6 Å². The van der Waals surface area contributed by atoms with Crippen LogP contribution in [0.25, 0.3) is 5.76 Å². The first kappa shape index (κ1) is 25.0. The van der Waals surface area contributed by atoms with Crippen molar-refractivity contribution in [1.82, 2.24) is 0 Å². The summed E-state index contributed by atoms with van der Waals surface area (Å²) in [6.07, 6.45) is 0. The molecule has 0 aliphatic carbocycles. The fourth-order valence-electron chi connectivity index (χ4n) is 4.25. The Hall–Kier alpha value is -5.06. The lowest BCUT2D eigenvalue weighted by atomic mass is 9.94. The Morgan fingerprint density at radius 2 is 1.59 bits per heavy atom.